The fraction of sp³-hybridized carbons (Fsp3) is 0.522. The van der Waals surface area contributed by atoms with Crippen molar-refractivity contribution in [3.8, 4) is 5.69 Å². The van der Waals surface area contributed by atoms with Gasteiger partial charge in [-0.2, -0.15) is 0 Å². The normalized spacial score (nSPS) is 20.0. The zero-order chi connectivity index (χ0) is 18.3. The number of hydrogen-bond acceptors (Lipinski definition) is 2. The van der Waals surface area contributed by atoms with Gasteiger partial charge in [0, 0.05) is 40.8 Å². The third kappa shape index (κ3) is 3.32. The fourth-order valence-corrected chi connectivity index (χ4v) is 4.73. The topological polar surface area (TPSA) is 34.0 Å². The van der Waals surface area contributed by atoms with Gasteiger partial charge in [-0.15, -0.1) is 0 Å². The average molecular weight is 351 g/mol. The van der Waals surface area contributed by atoms with Crippen molar-refractivity contribution in [2.45, 2.75) is 71.8 Å². The lowest BCUT2D eigenvalue weighted by Crippen LogP contribution is -2.27. The Labute approximate surface area is 156 Å². The Kier molecular flexibility index (Phi) is 4.42. The van der Waals surface area contributed by atoms with Crippen LogP contribution in [0.3, 0.4) is 0 Å². The maximum Gasteiger partial charge on any atom is 0.165 e. The number of fused-ring (bicyclic) bond motifs is 1. The summed E-state index contributed by atoms with van der Waals surface area (Å²) in [5, 5.41) is 3.73. The van der Waals surface area contributed by atoms with Crippen molar-refractivity contribution in [2.75, 3.05) is 5.32 Å². The predicted octanol–water partition coefficient (Wildman–Crippen LogP) is 5.69. The molecule has 0 spiro atoms. The Morgan fingerprint density at radius 3 is 2.62 bits per heavy atom. The van der Waals surface area contributed by atoms with Gasteiger partial charge < -0.3 is 9.88 Å². The number of nitrogens with one attached hydrogen (secondary N) is 1. The summed E-state index contributed by atoms with van der Waals surface area (Å²) in [5.74, 6) is 0.287. The van der Waals surface area contributed by atoms with E-state index >= 15 is 0 Å². The summed E-state index contributed by atoms with van der Waals surface area (Å²) in [5.41, 5.74) is 5.64. The summed E-state index contributed by atoms with van der Waals surface area (Å²) < 4.78 is 2.29. The van der Waals surface area contributed by atoms with Crippen LogP contribution in [0.5, 0.6) is 0 Å². The molecule has 0 saturated heterocycles. The van der Waals surface area contributed by atoms with Gasteiger partial charge in [0.2, 0.25) is 0 Å². The number of aromatic nitrogens is 1. The molecule has 1 N–H and O–H groups in total. The van der Waals surface area contributed by atoms with E-state index in [0.29, 0.717) is 12.5 Å². The number of Topliss-reactive ketones (excluding diaryl/α,β-unsaturated/α-hetero) is 1. The van der Waals surface area contributed by atoms with E-state index in [1.807, 2.05) is 0 Å². The van der Waals surface area contributed by atoms with Gasteiger partial charge >= 0.3 is 0 Å². The molecule has 1 heterocycles. The van der Waals surface area contributed by atoms with Crippen molar-refractivity contribution in [1.82, 2.24) is 4.57 Å². The molecule has 4 rings (SSSR count). The van der Waals surface area contributed by atoms with Crippen LogP contribution in [0.25, 0.3) is 5.69 Å². The highest BCUT2D eigenvalue weighted by Crippen LogP contribution is 2.37. The smallest absolute Gasteiger partial charge is 0.165 e. The first-order valence-corrected chi connectivity index (χ1v) is 10.0. The number of carbonyl (C=O) groups is 1. The van der Waals surface area contributed by atoms with Crippen molar-refractivity contribution in [3.63, 3.8) is 0 Å². The molecule has 2 aliphatic rings. The Bertz CT molecular complexity index is 825. The lowest BCUT2D eigenvalue weighted by Gasteiger charge is -2.30. The summed E-state index contributed by atoms with van der Waals surface area (Å²) in [6.45, 7) is 6.50. The monoisotopic (exact) mass is 350 g/mol. The maximum absolute atomic E-state index is 12.6. The van der Waals surface area contributed by atoms with Crippen LogP contribution in [0, 0.1) is 12.3 Å². The van der Waals surface area contributed by atoms with Crippen LogP contribution in [-0.4, -0.2) is 16.4 Å². The average Bonchev–Trinajstić information content (AvgIpc) is 2.91. The fourth-order valence-electron chi connectivity index (χ4n) is 4.73. The number of carbonyl (C=O) groups excluding carboxylic acids is 1. The summed E-state index contributed by atoms with van der Waals surface area (Å²) in [6, 6.07) is 11.4. The van der Waals surface area contributed by atoms with E-state index in [1.165, 1.54) is 43.5 Å². The van der Waals surface area contributed by atoms with E-state index < -0.39 is 0 Å². The zero-order valence-electron chi connectivity index (χ0n) is 16.3. The van der Waals surface area contributed by atoms with E-state index in [0.717, 1.165) is 23.4 Å². The molecule has 1 fully saturated rings. The molecule has 3 nitrogen and oxygen atoms in total. The van der Waals surface area contributed by atoms with Gasteiger partial charge in [0.05, 0.1) is 0 Å². The minimum atomic E-state index is 0.0323. The lowest BCUT2D eigenvalue weighted by molar-refractivity contribution is 0.0911. The van der Waals surface area contributed by atoms with Crippen LogP contribution in [-0.2, 0) is 6.42 Å². The Hall–Kier alpha value is -2.03. The molecule has 2 aliphatic carbocycles. The molecule has 2 aromatic rings. The first kappa shape index (κ1) is 17.4. The van der Waals surface area contributed by atoms with Crippen LogP contribution in [0.2, 0.25) is 0 Å². The molecular weight excluding hydrogens is 320 g/mol. The van der Waals surface area contributed by atoms with Crippen LogP contribution < -0.4 is 5.32 Å². The molecule has 0 unspecified atom stereocenters. The third-order valence-electron chi connectivity index (χ3n) is 5.95. The van der Waals surface area contributed by atoms with Gasteiger partial charge in [0.25, 0.3) is 0 Å². The molecule has 1 aromatic carbocycles. The lowest BCUT2D eigenvalue weighted by atomic mass is 9.76. The Morgan fingerprint density at radius 2 is 1.85 bits per heavy atom. The molecule has 0 amide bonds. The van der Waals surface area contributed by atoms with Crippen molar-refractivity contribution in [1.29, 1.82) is 0 Å². The Morgan fingerprint density at radius 1 is 1.08 bits per heavy atom. The minimum Gasteiger partial charge on any atom is -0.382 e. The standard InChI is InChI=1S/C23H30N2O/c1-16-12-20-21(14-23(2,3)15-22(20)26)25(16)19-11-7-10-18(13-19)24-17-8-5-4-6-9-17/h7,10-13,17,24H,4-6,8-9,14-15H2,1-3H3. The first-order valence-electron chi connectivity index (χ1n) is 10.0. The van der Waals surface area contributed by atoms with Crippen LogP contribution in [0.1, 0.15) is 74.1 Å². The predicted molar refractivity (Wildman–Crippen MR) is 107 cm³/mol. The van der Waals surface area contributed by atoms with Crippen molar-refractivity contribution in [2.24, 2.45) is 5.41 Å². The zero-order valence-corrected chi connectivity index (χ0v) is 16.3. The molecule has 26 heavy (non-hydrogen) atoms. The van der Waals surface area contributed by atoms with E-state index in [4.69, 9.17) is 0 Å². The molecule has 0 radical (unpaired) electrons. The second-order valence-electron chi connectivity index (χ2n) is 8.95. The maximum atomic E-state index is 12.6. The molecule has 0 atom stereocenters. The summed E-state index contributed by atoms with van der Waals surface area (Å²) in [7, 11) is 0. The SMILES string of the molecule is Cc1cc2c(n1-c1cccc(NC3CCCCC3)c1)CC(C)(C)CC2=O. The highest BCUT2D eigenvalue weighted by Gasteiger charge is 2.34. The van der Waals surface area contributed by atoms with E-state index in [9.17, 15) is 4.79 Å². The minimum absolute atomic E-state index is 0.0323. The number of ketones is 1. The number of benzene rings is 1. The molecule has 0 bridgehead atoms. The highest BCUT2D eigenvalue weighted by atomic mass is 16.1. The van der Waals surface area contributed by atoms with Gasteiger partial charge in [-0.1, -0.05) is 39.2 Å². The van der Waals surface area contributed by atoms with E-state index in [-0.39, 0.29) is 11.2 Å². The molecule has 138 valence electrons. The van der Waals surface area contributed by atoms with Gasteiger partial charge in [-0.25, -0.2) is 0 Å². The number of aryl methyl sites for hydroxylation is 1. The molecule has 1 aromatic heterocycles. The second-order valence-corrected chi connectivity index (χ2v) is 8.95. The van der Waals surface area contributed by atoms with Crippen LogP contribution in [0.15, 0.2) is 30.3 Å². The molecule has 3 heteroatoms. The third-order valence-corrected chi connectivity index (χ3v) is 5.95. The van der Waals surface area contributed by atoms with Crippen molar-refractivity contribution < 1.29 is 4.79 Å². The van der Waals surface area contributed by atoms with Crippen molar-refractivity contribution >= 4 is 11.5 Å². The molecule has 1 saturated carbocycles. The van der Waals surface area contributed by atoms with Crippen molar-refractivity contribution in [3.05, 3.63) is 47.3 Å². The van der Waals surface area contributed by atoms with Gasteiger partial charge in [-0.3, -0.25) is 4.79 Å². The molecule has 0 aliphatic heterocycles. The summed E-state index contributed by atoms with van der Waals surface area (Å²) >= 11 is 0. The number of nitrogens with zero attached hydrogens (tertiary/aromatic N) is 1. The second kappa shape index (κ2) is 6.61. The summed E-state index contributed by atoms with van der Waals surface area (Å²) in [6.07, 6.45) is 8.17. The van der Waals surface area contributed by atoms with E-state index in [1.54, 1.807) is 0 Å². The largest absolute Gasteiger partial charge is 0.382 e. The van der Waals surface area contributed by atoms with Gasteiger partial charge in [-0.05, 0) is 55.9 Å². The van der Waals surface area contributed by atoms with E-state index in [2.05, 4.69) is 61.0 Å². The highest BCUT2D eigenvalue weighted by molar-refractivity contribution is 5.99. The van der Waals surface area contributed by atoms with Crippen LogP contribution in [0.4, 0.5) is 5.69 Å². The first-order chi connectivity index (χ1) is 12.4. The van der Waals surface area contributed by atoms with Gasteiger partial charge in [0.15, 0.2) is 5.78 Å². The number of rotatable bonds is 3. The quantitative estimate of drug-likeness (QED) is 0.772. The molecular formula is C23H30N2O. The van der Waals surface area contributed by atoms with Crippen LogP contribution >= 0.6 is 0 Å². The van der Waals surface area contributed by atoms with Gasteiger partial charge in [0.1, 0.15) is 0 Å². The summed E-state index contributed by atoms with van der Waals surface area (Å²) in [4.78, 5) is 12.6. The Balaban J connectivity index is 1.68. The number of hydrogen-bond donors (Lipinski definition) is 1. The number of anilines is 1.